The Balaban J connectivity index is 1.39. The molecule has 31 heavy (non-hydrogen) atoms. The fourth-order valence-electron chi connectivity index (χ4n) is 3.14. The van der Waals surface area contributed by atoms with Gasteiger partial charge in [-0.25, -0.2) is 4.98 Å². The van der Waals surface area contributed by atoms with Gasteiger partial charge in [-0.1, -0.05) is 23.7 Å². The minimum absolute atomic E-state index is 0.0451. The normalized spacial score (nSPS) is 13.2. The summed E-state index contributed by atoms with van der Waals surface area (Å²) in [6.45, 7) is 1.14. The maximum absolute atomic E-state index is 12.6. The number of amides is 2. The van der Waals surface area contributed by atoms with Crippen LogP contribution < -0.4 is 10.6 Å². The predicted octanol–water partition coefficient (Wildman–Crippen LogP) is 3.86. The van der Waals surface area contributed by atoms with Gasteiger partial charge in [-0.15, -0.1) is 0 Å². The van der Waals surface area contributed by atoms with Crippen molar-refractivity contribution in [2.24, 2.45) is 0 Å². The van der Waals surface area contributed by atoms with Crippen molar-refractivity contribution >= 4 is 29.2 Å². The number of halogens is 1. The van der Waals surface area contributed by atoms with Crippen molar-refractivity contribution in [2.45, 2.75) is 32.0 Å². The third kappa shape index (κ3) is 6.41. The average molecular weight is 439 g/mol. The Kier molecular flexibility index (Phi) is 6.64. The summed E-state index contributed by atoms with van der Waals surface area (Å²) in [7, 11) is 0. The molecule has 8 heteroatoms. The van der Waals surface area contributed by atoms with Gasteiger partial charge in [0.2, 0.25) is 5.91 Å². The van der Waals surface area contributed by atoms with Crippen LogP contribution in [0, 0.1) is 0 Å². The largest absolute Gasteiger partial charge is 0.468 e. The predicted molar refractivity (Wildman–Crippen MR) is 118 cm³/mol. The second-order valence-corrected chi connectivity index (χ2v) is 8.02. The Hall–Kier alpha value is -3.16. The van der Waals surface area contributed by atoms with E-state index in [1.54, 1.807) is 18.4 Å². The number of hydrogen-bond acceptors (Lipinski definition) is 5. The summed E-state index contributed by atoms with van der Waals surface area (Å²) in [6.07, 6.45) is 5.20. The molecule has 1 aliphatic carbocycles. The van der Waals surface area contributed by atoms with Crippen LogP contribution in [0.4, 0.5) is 5.82 Å². The molecular formula is C23H23ClN4O3. The van der Waals surface area contributed by atoms with Crippen LogP contribution in [-0.4, -0.2) is 34.3 Å². The van der Waals surface area contributed by atoms with Gasteiger partial charge in [-0.05, 0) is 54.8 Å². The molecule has 7 nitrogen and oxygen atoms in total. The highest BCUT2D eigenvalue weighted by Gasteiger charge is 2.23. The first kappa shape index (κ1) is 21.1. The summed E-state index contributed by atoms with van der Waals surface area (Å²) in [5, 5.41) is 6.27. The standard InChI is InChI=1S/C23H23ClN4O3/c24-18-7-10-21(25-12-18)27-22(29)15-28(14-20-2-1-11-31-20)13-16-3-5-17(6-4-16)23(30)26-19-8-9-19/h1-7,10-12,19H,8-9,13-15H2,(H,26,30)(H,25,27,29). The van der Waals surface area contributed by atoms with Crippen molar-refractivity contribution in [3.63, 3.8) is 0 Å². The monoisotopic (exact) mass is 438 g/mol. The second-order valence-electron chi connectivity index (χ2n) is 7.58. The van der Waals surface area contributed by atoms with Crippen LogP contribution in [0.2, 0.25) is 5.02 Å². The zero-order valence-electron chi connectivity index (χ0n) is 16.9. The molecule has 0 bridgehead atoms. The van der Waals surface area contributed by atoms with Crippen LogP contribution in [-0.2, 0) is 17.9 Å². The number of benzene rings is 1. The lowest BCUT2D eigenvalue weighted by Gasteiger charge is -2.21. The minimum Gasteiger partial charge on any atom is -0.468 e. The highest BCUT2D eigenvalue weighted by molar-refractivity contribution is 6.30. The Morgan fingerprint density at radius 2 is 1.90 bits per heavy atom. The van der Waals surface area contributed by atoms with E-state index in [0.717, 1.165) is 24.2 Å². The molecule has 2 amide bonds. The van der Waals surface area contributed by atoms with E-state index in [2.05, 4.69) is 15.6 Å². The molecule has 0 aliphatic heterocycles. The van der Waals surface area contributed by atoms with Crippen molar-refractivity contribution in [3.05, 3.63) is 82.9 Å². The van der Waals surface area contributed by atoms with Crippen molar-refractivity contribution in [2.75, 3.05) is 11.9 Å². The zero-order chi connectivity index (χ0) is 21.6. The highest BCUT2D eigenvalue weighted by Crippen LogP contribution is 2.19. The number of furan rings is 1. The van der Waals surface area contributed by atoms with Gasteiger partial charge in [0, 0.05) is 24.3 Å². The molecular weight excluding hydrogens is 416 g/mol. The Morgan fingerprint density at radius 3 is 2.55 bits per heavy atom. The maximum Gasteiger partial charge on any atom is 0.251 e. The van der Waals surface area contributed by atoms with Crippen LogP contribution in [0.1, 0.15) is 34.5 Å². The smallest absolute Gasteiger partial charge is 0.251 e. The maximum atomic E-state index is 12.6. The summed E-state index contributed by atoms with van der Waals surface area (Å²) in [6, 6.07) is 14.8. The van der Waals surface area contributed by atoms with E-state index in [0.29, 0.717) is 35.5 Å². The number of anilines is 1. The summed E-state index contributed by atoms with van der Waals surface area (Å²) >= 11 is 5.84. The van der Waals surface area contributed by atoms with Gasteiger partial charge in [0.1, 0.15) is 11.6 Å². The van der Waals surface area contributed by atoms with Gasteiger partial charge in [0.05, 0.1) is 24.4 Å². The number of hydrogen-bond donors (Lipinski definition) is 2. The lowest BCUT2D eigenvalue weighted by molar-refractivity contribution is -0.117. The number of rotatable bonds is 9. The fourth-order valence-corrected chi connectivity index (χ4v) is 3.25. The molecule has 0 unspecified atom stereocenters. The number of pyridine rings is 1. The quantitative estimate of drug-likeness (QED) is 0.529. The Bertz CT molecular complexity index is 1020. The number of aromatic nitrogens is 1. The van der Waals surface area contributed by atoms with Gasteiger partial charge < -0.3 is 15.1 Å². The molecule has 2 N–H and O–H groups in total. The number of carbonyl (C=O) groups excluding carboxylic acids is 2. The van der Waals surface area contributed by atoms with Crippen molar-refractivity contribution in [3.8, 4) is 0 Å². The van der Waals surface area contributed by atoms with Gasteiger partial charge in [-0.2, -0.15) is 0 Å². The summed E-state index contributed by atoms with van der Waals surface area (Å²) in [5.41, 5.74) is 1.63. The SMILES string of the molecule is O=C(CN(Cc1ccc(C(=O)NC2CC2)cc1)Cc1ccco1)Nc1ccc(Cl)cn1. The number of carbonyl (C=O) groups is 2. The number of nitrogens with one attached hydrogen (secondary N) is 2. The molecule has 0 spiro atoms. The molecule has 1 fully saturated rings. The van der Waals surface area contributed by atoms with Crippen LogP contribution in [0.25, 0.3) is 0 Å². The lowest BCUT2D eigenvalue weighted by atomic mass is 10.1. The van der Waals surface area contributed by atoms with E-state index >= 15 is 0 Å². The van der Waals surface area contributed by atoms with E-state index in [1.165, 1.54) is 6.20 Å². The number of nitrogens with zero attached hydrogens (tertiary/aromatic N) is 2. The van der Waals surface area contributed by atoms with Gasteiger partial charge in [0.25, 0.3) is 5.91 Å². The zero-order valence-corrected chi connectivity index (χ0v) is 17.6. The Labute approximate surface area is 185 Å². The van der Waals surface area contributed by atoms with Crippen LogP contribution in [0.3, 0.4) is 0 Å². The molecule has 3 aromatic rings. The van der Waals surface area contributed by atoms with Crippen molar-refractivity contribution < 1.29 is 14.0 Å². The van der Waals surface area contributed by atoms with Crippen molar-refractivity contribution in [1.82, 2.24) is 15.2 Å². The Morgan fingerprint density at radius 1 is 1.10 bits per heavy atom. The first-order valence-electron chi connectivity index (χ1n) is 10.1. The minimum atomic E-state index is -0.193. The summed E-state index contributed by atoms with van der Waals surface area (Å²) in [4.78, 5) is 30.8. The van der Waals surface area contributed by atoms with Crippen LogP contribution in [0.5, 0.6) is 0 Å². The molecule has 160 valence electrons. The molecule has 0 radical (unpaired) electrons. The van der Waals surface area contributed by atoms with E-state index in [4.69, 9.17) is 16.0 Å². The fraction of sp³-hybridized carbons (Fsp3) is 0.261. The lowest BCUT2D eigenvalue weighted by Crippen LogP contribution is -2.32. The molecule has 2 aromatic heterocycles. The summed E-state index contributed by atoms with van der Waals surface area (Å²) in [5.74, 6) is 0.967. The molecule has 4 rings (SSSR count). The van der Waals surface area contributed by atoms with Crippen molar-refractivity contribution in [1.29, 1.82) is 0 Å². The molecule has 1 aromatic carbocycles. The average Bonchev–Trinajstić information content (AvgIpc) is 3.42. The van der Waals surface area contributed by atoms with E-state index in [-0.39, 0.29) is 18.4 Å². The molecule has 1 saturated carbocycles. The molecule has 2 heterocycles. The topological polar surface area (TPSA) is 87.5 Å². The van der Waals surface area contributed by atoms with Crippen LogP contribution >= 0.6 is 11.6 Å². The van der Waals surface area contributed by atoms with E-state index < -0.39 is 0 Å². The van der Waals surface area contributed by atoms with Gasteiger partial charge in [0.15, 0.2) is 0 Å². The first-order valence-corrected chi connectivity index (χ1v) is 10.5. The van der Waals surface area contributed by atoms with Gasteiger partial charge >= 0.3 is 0 Å². The molecule has 1 aliphatic rings. The highest BCUT2D eigenvalue weighted by atomic mass is 35.5. The third-order valence-corrected chi connectivity index (χ3v) is 5.08. The summed E-state index contributed by atoms with van der Waals surface area (Å²) < 4.78 is 5.45. The van der Waals surface area contributed by atoms with E-state index in [9.17, 15) is 9.59 Å². The molecule has 0 saturated heterocycles. The molecule has 0 atom stereocenters. The van der Waals surface area contributed by atoms with E-state index in [1.807, 2.05) is 41.3 Å². The second kappa shape index (κ2) is 9.76. The van der Waals surface area contributed by atoms with Crippen LogP contribution in [0.15, 0.2) is 65.4 Å². The third-order valence-electron chi connectivity index (χ3n) is 4.86. The van der Waals surface area contributed by atoms with Gasteiger partial charge in [-0.3, -0.25) is 14.5 Å². The first-order chi connectivity index (χ1) is 15.0.